The Labute approximate surface area is 195 Å². The van der Waals surface area contributed by atoms with Crippen molar-refractivity contribution in [3.63, 3.8) is 0 Å². The SMILES string of the molecule is O=C(c1cc(C(F)(F)F)cc(C(F)(F)F)c1)N1CCC2(CC1)SCCN2C(=O)c1ccccc1. The van der Waals surface area contributed by atoms with E-state index in [9.17, 15) is 35.9 Å². The molecule has 11 heteroatoms. The summed E-state index contributed by atoms with van der Waals surface area (Å²) in [6.07, 6.45) is -9.32. The van der Waals surface area contributed by atoms with Crippen LogP contribution in [0.5, 0.6) is 0 Å². The number of carbonyl (C=O) groups is 2. The number of hydrogen-bond donors (Lipinski definition) is 0. The predicted molar refractivity (Wildman–Crippen MR) is 114 cm³/mol. The van der Waals surface area contributed by atoms with Crippen LogP contribution in [0.15, 0.2) is 48.5 Å². The van der Waals surface area contributed by atoms with Crippen molar-refractivity contribution < 1.29 is 35.9 Å². The Kier molecular flexibility index (Phi) is 6.34. The molecule has 4 rings (SSSR count). The lowest BCUT2D eigenvalue weighted by molar-refractivity contribution is -0.143. The molecule has 182 valence electrons. The molecule has 34 heavy (non-hydrogen) atoms. The maximum Gasteiger partial charge on any atom is 0.416 e. The largest absolute Gasteiger partial charge is 0.416 e. The average molecular weight is 502 g/mol. The first-order chi connectivity index (χ1) is 15.9. The van der Waals surface area contributed by atoms with Gasteiger partial charge in [0.2, 0.25) is 0 Å². The van der Waals surface area contributed by atoms with E-state index in [-0.39, 0.29) is 25.1 Å². The Morgan fingerprint density at radius 2 is 1.32 bits per heavy atom. The molecule has 0 radical (unpaired) electrons. The normalized spacial score (nSPS) is 18.4. The van der Waals surface area contributed by atoms with E-state index in [1.54, 1.807) is 47.0 Å². The third-order valence-electron chi connectivity index (χ3n) is 6.11. The third kappa shape index (κ3) is 4.75. The molecule has 0 aromatic heterocycles. The first-order valence-corrected chi connectivity index (χ1v) is 11.5. The third-order valence-corrected chi connectivity index (χ3v) is 7.66. The molecule has 0 aliphatic carbocycles. The lowest BCUT2D eigenvalue weighted by atomic mass is 9.99. The Morgan fingerprint density at radius 1 is 0.765 bits per heavy atom. The quantitative estimate of drug-likeness (QED) is 0.506. The lowest BCUT2D eigenvalue weighted by Gasteiger charge is -2.44. The second kappa shape index (κ2) is 8.83. The van der Waals surface area contributed by atoms with E-state index >= 15 is 0 Å². The molecule has 0 unspecified atom stereocenters. The number of likely N-dealkylation sites (tertiary alicyclic amines) is 1. The van der Waals surface area contributed by atoms with Gasteiger partial charge in [0.1, 0.15) is 0 Å². The summed E-state index contributed by atoms with van der Waals surface area (Å²) in [4.78, 5) is 28.4. The maximum atomic E-state index is 13.2. The fourth-order valence-corrected chi connectivity index (χ4v) is 5.82. The maximum absolute atomic E-state index is 13.2. The summed E-state index contributed by atoms with van der Waals surface area (Å²) < 4.78 is 79.0. The van der Waals surface area contributed by atoms with Gasteiger partial charge < -0.3 is 9.80 Å². The summed E-state index contributed by atoms with van der Waals surface area (Å²) in [6, 6.07) is 9.66. The van der Waals surface area contributed by atoms with Crippen molar-refractivity contribution >= 4 is 23.6 Å². The molecule has 2 amide bonds. The van der Waals surface area contributed by atoms with Crippen LogP contribution in [0.2, 0.25) is 0 Å². The van der Waals surface area contributed by atoms with Crippen molar-refractivity contribution in [1.29, 1.82) is 0 Å². The molecule has 2 aliphatic heterocycles. The van der Waals surface area contributed by atoms with Gasteiger partial charge in [-0.05, 0) is 43.2 Å². The van der Waals surface area contributed by atoms with E-state index in [1.807, 2.05) is 0 Å². The zero-order valence-electron chi connectivity index (χ0n) is 17.7. The number of nitrogens with zero attached hydrogens (tertiary/aromatic N) is 2. The summed E-state index contributed by atoms with van der Waals surface area (Å²) in [7, 11) is 0. The van der Waals surface area contributed by atoms with Crippen molar-refractivity contribution in [1.82, 2.24) is 9.80 Å². The molecule has 0 N–H and O–H groups in total. The topological polar surface area (TPSA) is 40.6 Å². The Morgan fingerprint density at radius 3 is 1.85 bits per heavy atom. The highest BCUT2D eigenvalue weighted by Crippen LogP contribution is 2.45. The first kappa shape index (κ1) is 24.4. The monoisotopic (exact) mass is 502 g/mol. The second-order valence-corrected chi connectivity index (χ2v) is 9.66. The van der Waals surface area contributed by atoms with E-state index in [2.05, 4.69) is 0 Å². The zero-order valence-corrected chi connectivity index (χ0v) is 18.6. The number of piperidine rings is 1. The Balaban J connectivity index is 1.53. The molecule has 0 atom stereocenters. The number of rotatable bonds is 2. The van der Waals surface area contributed by atoms with E-state index in [1.165, 1.54) is 4.90 Å². The number of hydrogen-bond acceptors (Lipinski definition) is 3. The van der Waals surface area contributed by atoms with E-state index in [0.29, 0.717) is 42.8 Å². The molecule has 2 heterocycles. The van der Waals surface area contributed by atoms with Crippen LogP contribution in [0.3, 0.4) is 0 Å². The summed E-state index contributed by atoms with van der Waals surface area (Å²) in [5, 5.41) is 0. The summed E-state index contributed by atoms with van der Waals surface area (Å²) in [5.41, 5.74) is -3.17. The Hall–Kier alpha value is -2.69. The van der Waals surface area contributed by atoms with Crippen molar-refractivity contribution in [2.24, 2.45) is 0 Å². The molecule has 0 bridgehead atoms. The average Bonchev–Trinajstić information content (AvgIpc) is 3.20. The van der Waals surface area contributed by atoms with Gasteiger partial charge in [-0.2, -0.15) is 26.3 Å². The number of thioether (sulfide) groups is 1. The second-order valence-electron chi connectivity index (χ2n) is 8.20. The van der Waals surface area contributed by atoms with Gasteiger partial charge in [-0.15, -0.1) is 11.8 Å². The molecular formula is C23H20F6N2O2S. The van der Waals surface area contributed by atoms with Crippen LogP contribution in [0.25, 0.3) is 0 Å². The van der Waals surface area contributed by atoms with E-state index in [4.69, 9.17) is 0 Å². The van der Waals surface area contributed by atoms with Crippen LogP contribution in [0.4, 0.5) is 26.3 Å². The minimum absolute atomic E-state index is 0.00418. The van der Waals surface area contributed by atoms with Gasteiger partial charge in [0.25, 0.3) is 11.8 Å². The number of carbonyl (C=O) groups excluding carboxylic acids is 2. The van der Waals surface area contributed by atoms with E-state index in [0.717, 1.165) is 0 Å². The van der Waals surface area contributed by atoms with Crippen LogP contribution < -0.4 is 0 Å². The van der Waals surface area contributed by atoms with Crippen LogP contribution in [0.1, 0.15) is 44.7 Å². The molecule has 4 nitrogen and oxygen atoms in total. The molecule has 2 aromatic carbocycles. The standard InChI is InChI=1S/C23H20F6N2O2S/c24-22(25,26)17-12-16(13-18(14-17)23(27,28)29)19(32)30-8-6-21(7-9-30)31(10-11-34-21)20(33)15-4-2-1-3-5-15/h1-5,12-14H,6-11H2. The van der Waals surface area contributed by atoms with E-state index < -0.39 is 39.8 Å². The van der Waals surface area contributed by atoms with Gasteiger partial charge in [0.05, 0.1) is 16.0 Å². The predicted octanol–water partition coefficient (Wildman–Crippen LogP) is 5.55. The number of amides is 2. The highest BCUT2D eigenvalue weighted by atomic mass is 32.2. The van der Waals surface area contributed by atoms with Crippen LogP contribution >= 0.6 is 11.8 Å². The van der Waals surface area contributed by atoms with Crippen molar-refractivity contribution in [2.45, 2.75) is 30.1 Å². The smallest absolute Gasteiger partial charge is 0.338 e. The van der Waals surface area contributed by atoms with Gasteiger partial charge in [0, 0.05) is 36.5 Å². The first-order valence-electron chi connectivity index (χ1n) is 10.5. The molecule has 1 spiro atoms. The summed E-state index contributed by atoms with van der Waals surface area (Å²) in [6.45, 7) is 0.749. The summed E-state index contributed by atoms with van der Waals surface area (Å²) in [5.74, 6) is -0.330. The van der Waals surface area contributed by atoms with Gasteiger partial charge in [0.15, 0.2) is 0 Å². The minimum atomic E-state index is -5.03. The molecule has 2 saturated heterocycles. The number of benzene rings is 2. The van der Waals surface area contributed by atoms with Gasteiger partial charge >= 0.3 is 12.4 Å². The molecule has 2 aliphatic rings. The van der Waals surface area contributed by atoms with Crippen molar-refractivity contribution in [3.8, 4) is 0 Å². The minimum Gasteiger partial charge on any atom is -0.338 e. The van der Waals surface area contributed by atoms with Gasteiger partial charge in [-0.25, -0.2) is 0 Å². The van der Waals surface area contributed by atoms with Gasteiger partial charge in [-0.3, -0.25) is 9.59 Å². The summed E-state index contributed by atoms with van der Waals surface area (Å²) >= 11 is 1.59. The fraction of sp³-hybridized carbons (Fsp3) is 0.391. The highest BCUT2D eigenvalue weighted by molar-refractivity contribution is 8.00. The molecule has 2 fully saturated rings. The zero-order chi connectivity index (χ0) is 24.7. The van der Waals surface area contributed by atoms with Gasteiger partial charge in [-0.1, -0.05) is 18.2 Å². The van der Waals surface area contributed by atoms with Crippen LogP contribution in [-0.4, -0.2) is 51.9 Å². The van der Waals surface area contributed by atoms with Crippen LogP contribution in [0, 0.1) is 0 Å². The fourth-order valence-electron chi connectivity index (χ4n) is 4.37. The number of halogens is 6. The number of alkyl halides is 6. The van der Waals surface area contributed by atoms with Crippen molar-refractivity contribution in [3.05, 3.63) is 70.8 Å². The molecule has 0 saturated carbocycles. The molecule has 2 aromatic rings. The lowest BCUT2D eigenvalue weighted by Crippen LogP contribution is -2.53. The highest BCUT2D eigenvalue weighted by Gasteiger charge is 2.47. The Bertz CT molecular complexity index is 1050. The molecular weight excluding hydrogens is 482 g/mol. The van der Waals surface area contributed by atoms with Crippen LogP contribution in [-0.2, 0) is 12.4 Å². The van der Waals surface area contributed by atoms with Crippen molar-refractivity contribution in [2.75, 3.05) is 25.4 Å².